The Balaban J connectivity index is 1.60. The largest absolute Gasteiger partial charge is 0.333 e. The third-order valence-corrected chi connectivity index (χ3v) is 5.77. The van der Waals surface area contributed by atoms with Gasteiger partial charge in [0.15, 0.2) is 6.54 Å². The lowest BCUT2D eigenvalue weighted by Crippen LogP contribution is -3.11. The molecule has 1 aromatic heterocycles. The average molecular weight is 304 g/mol. The molecule has 1 aliphatic carbocycles. The van der Waals surface area contributed by atoms with Crippen LogP contribution in [0.4, 0.5) is 0 Å². The van der Waals surface area contributed by atoms with Crippen molar-refractivity contribution in [2.24, 2.45) is 5.92 Å². The molecule has 1 aromatic rings. The van der Waals surface area contributed by atoms with Crippen LogP contribution in [-0.4, -0.2) is 24.5 Å². The van der Waals surface area contributed by atoms with Gasteiger partial charge in [-0.25, -0.2) is 0 Å². The van der Waals surface area contributed by atoms with Gasteiger partial charge >= 0.3 is 0 Å². The van der Waals surface area contributed by atoms with Crippen LogP contribution in [0, 0.1) is 17.2 Å². The van der Waals surface area contributed by atoms with Gasteiger partial charge in [-0.1, -0.05) is 6.07 Å². The number of rotatable bonds is 5. The van der Waals surface area contributed by atoms with E-state index in [4.69, 9.17) is 0 Å². The highest BCUT2D eigenvalue weighted by atomic mass is 32.1. The minimum Gasteiger partial charge on any atom is -0.333 e. The summed E-state index contributed by atoms with van der Waals surface area (Å²) >= 11 is 1.78. The van der Waals surface area contributed by atoms with Crippen molar-refractivity contribution in [3.05, 3.63) is 22.4 Å². The maximum Gasteiger partial charge on any atom is 0.276 e. The fraction of sp³-hybridized carbons (Fsp3) is 0.625. The third kappa shape index (κ3) is 3.12. The zero-order valence-electron chi connectivity index (χ0n) is 12.4. The van der Waals surface area contributed by atoms with Gasteiger partial charge in [0.05, 0.1) is 17.5 Å². The molecule has 2 heterocycles. The molecule has 2 N–H and O–H groups in total. The highest BCUT2D eigenvalue weighted by Crippen LogP contribution is 2.39. The van der Waals surface area contributed by atoms with Crippen molar-refractivity contribution in [1.82, 2.24) is 5.32 Å². The predicted molar refractivity (Wildman–Crippen MR) is 81.9 cm³/mol. The fourth-order valence-corrected chi connectivity index (χ4v) is 4.30. The molecule has 4 nitrogen and oxygen atoms in total. The number of carbonyl (C=O) groups excluding carboxylic acids is 1. The lowest BCUT2D eigenvalue weighted by atomic mass is 9.98. The molecule has 1 saturated heterocycles. The molecule has 2 fully saturated rings. The smallest absolute Gasteiger partial charge is 0.276 e. The first-order chi connectivity index (χ1) is 10.1. The van der Waals surface area contributed by atoms with E-state index in [1.807, 2.05) is 6.92 Å². The maximum atomic E-state index is 12.3. The SMILES string of the molecule is C[C@](C#N)(NC(=O)C[NH+]1CCC[C@@H]1c1cccs1)C1CC1. The summed E-state index contributed by atoms with van der Waals surface area (Å²) in [5, 5.41) is 14.4. The Kier molecular flexibility index (Phi) is 4.01. The number of hydrogen-bond donors (Lipinski definition) is 2. The van der Waals surface area contributed by atoms with Gasteiger partial charge in [-0.2, -0.15) is 5.26 Å². The van der Waals surface area contributed by atoms with Gasteiger partial charge in [-0.05, 0) is 37.1 Å². The zero-order chi connectivity index (χ0) is 14.9. The molecule has 21 heavy (non-hydrogen) atoms. The maximum absolute atomic E-state index is 12.3. The Morgan fingerprint density at radius 2 is 2.38 bits per heavy atom. The Morgan fingerprint density at radius 3 is 3.00 bits per heavy atom. The number of likely N-dealkylation sites (tertiary alicyclic amines) is 1. The second-order valence-corrected chi connectivity index (χ2v) is 7.41. The molecule has 0 radical (unpaired) electrons. The molecule has 112 valence electrons. The molecule has 1 aliphatic heterocycles. The van der Waals surface area contributed by atoms with Crippen LogP contribution in [0.1, 0.15) is 43.5 Å². The number of amides is 1. The van der Waals surface area contributed by atoms with E-state index in [0.717, 1.165) is 25.8 Å². The first-order valence-electron chi connectivity index (χ1n) is 7.72. The summed E-state index contributed by atoms with van der Waals surface area (Å²) in [5.41, 5.74) is -0.672. The van der Waals surface area contributed by atoms with Crippen molar-refractivity contribution in [2.75, 3.05) is 13.1 Å². The van der Waals surface area contributed by atoms with E-state index in [-0.39, 0.29) is 5.91 Å². The molecular weight excluding hydrogens is 282 g/mol. The summed E-state index contributed by atoms with van der Waals surface area (Å²) in [6.07, 6.45) is 4.43. The van der Waals surface area contributed by atoms with Gasteiger partial charge in [-0.3, -0.25) is 4.79 Å². The lowest BCUT2D eigenvalue weighted by Gasteiger charge is -2.25. The Hall–Kier alpha value is -1.38. The lowest BCUT2D eigenvalue weighted by molar-refractivity contribution is -0.910. The van der Waals surface area contributed by atoms with Crippen LogP contribution in [0.2, 0.25) is 0 Å². The van der Waals surface area contributed by atoms with Gasteiger partial charge in [0.1, 0.15) is 11.6 Å². The Bertz CT molecular complexity index is 546. The fourth-order valence-electron chi connectivity index (χ4n) is 3.38. The van der Waals surface area contributed by atoms with E-state index in [1.165, 1.54) is 16.2 Å². The molecular formula is C16H22N3OS+. The van der Waals surface area contributed by atoms with Crippen molar-refractivity contribution in [1.29, 1.82) is 5.26 Å². The molecule has 3 atom stereocenters. The summed E-state index contributed by atoms with van der Waals surface area (Å²) in [6.45, 7) is 3.38. The van der Waals surface area contributed by atoms with Gasteiger partial charge in [0.25, 0.3) is 5.91 Å². The molecule has 2 aliphatic rings. The first-order valence-corrected chi connectivity index (χ1v) is 8.60. The van der Waals surface area contributed by atoms with E-state index in [0.29, 0.717) is 18.5 Å². The van der Waals surface area contributed by atoms with Gasteiger partial charge in [0, 0.05) is 12.8 Å². The zero-order valence-corrected chi connectivity index (χ0v) is 13.2. The minimum absolute atomic E-state index is 0.0180. The van der Waals surface area contributed by atoms with Gasteiger partial charge < -0.3 is 10.2 Å². The number of nitrogens with zero attached hydrogens (tertiary/aromatic N) is 1. The average Bonchev–Trinajstić information content (AvgIpc) is 3.01. The predicted octanol–water partition coefficient (Wildman–Crippen LogP) is 1.28. The normalized spacial score (nSPS) is 27.8. The van der Waals surface area contributed by atoms with E-state index in [9.17, 15) is 10.1 Å². The van der Waals surface area contributed by atoms with Crippen molar-refractivity contribution in [2.45, 2.75) is 44.2 Å². The summed E-state index contributed by atoms with van der Waals surface area (Å²) in [6, 6.07) is 6.99. The Morgan fingerprint density at radius 1 is 1.57 bits per heavy atom. The van der Waals surface area contributed by atoms with Crippen LogP contribution >= 0.6 is 11.3 Å². The second-order valence-electron chi connectivity index (χ2n) is 6.43. The van der Waals surface area contributed by atoms with E-state index in [2.05, 4.69) is 28.9 Å². The van der Waals surface area contributed by atoms with Crippen molar-refractivity contribution in [3.8, 4) is 6.07 Å². The number of quaternary nitrogens is 1. The number of hydrogen-bond acceptors (Lipinski definition) is 3. The molecule has 5 heteroatoms. The monoisotopic (exact) mass is 304 g/mol. The highest BCUT2D eigenvalue weighted by Gasteiger charge is 2.44. The van der Waals surface area contributed by atoms with Crippen molar-refractivity contribution < 1.29 is 9.69 Å². The summed E-state index contributed by atoms with van der Waals surface area (Å²) < 4.78 is 0. The third-order valence-electron chi connectivity index (χ3n) is 4.78. The quantitative estimate of drug-likeness (QED) is 0.861. The molecule has 0 spiro atoms. The number of thiophene rings is 1. The molecule has 0 bridgehead atoms. The van der Waals surface area contributed by atoms with Crippen LogP contribution in [0.5, 0.6) is 0 Å². The van der Waals surface area contributed by atoms with Crippen LogP contribution in [0.3, 0.4) is 0 Å². The molecule has 3 rings (SSSR count). The number of nitrogens with one attached hydrogen (secondary N) is 2. The van der Waals surface area contributed by atoms with Gasteiger partial charge in [-0.15, -0.1) is 11.3 Å². The Labute approximate surface area is 129 Å². The molecule has 0 aromatic carbocycles. The van der Waals surface area contributed by atoms with Crippen molar-refractivity contribution in [3.63, 3.8) is 0 Å². The minimum atomic E-state index is -0.672. The molecule has 1 unspecified atom stereocenters. The standard InChI is InChI=1S/C16H21N3OS/c1-16(11-17,12-6-7-12)18-15(20)10-19-8-2-4-13(19)14-5-3-9-21-14/h3,5,9,12-13H,2,4,6-8,10H2,1H3,(H,18,20)/p+1/t13-,16-/m1/s1. The van der Waals surface area contributed by atoms with Crippen LogP contribution in [-0.2, 0) is 4.79 Å². The van der Waals surface area contributed by atoms with Crippen LogP contribution in [0.15, 0.2) is 17.5 Å². The first kappa shape index (κ1) is 14.6. The van der Waals surface area contributed by atoms with E-state index >= 15 is 0 Å². The number of nitriles is 1. The van der Waals surface area contributed by atoms with E-state index in [1.54, 1.807) is 11.3 Å². The summed E-state index contributed by atoms with van der Waals surface area (Å²) in [7, 11) is 0. The summed E-state index contributed by atoms with van der Waals surface area (Å²) in [5.74, 6) is 0.359. The second kappa shape index (κ2) is 5.78. The topological polar surface area (TPSA) is 57.3 Å². The van der Waals surface area contributed by atoms with Crippen LogP contribution in [0.25, 0.3) is 0 Å². The highest BCUT2D eigenvalue weighted by molar-refractivity contribution is 7.10. The molecule has 1 saturated carbocycles. The van der Waals surface area contributed by atoms with Crippen molar-refractivity contribution >= 4 is 17.2 Å². The summed E-state index contributed by atoms with van der Waals surface area (Å²) in [4.78, 5) is 15.1. The van der Waals surface area contributed by atoms with Crippen LogP contribution < -0.4 is 10.2 Å². The van der Waals surface area contributed by atoms with E-state index < -0.39 is 5.54 Å². The number of carbonyl (C=O) groups is 1. The van der Waals surface area contributed by atoms with Gasteiger partial charge in [0.2, 0.25) is 0 Å². The molecule has 1 amide bonds.